The third-order valence-electron chi connectivity index (χ3n) is 3.69. The van der Waals surface area contributed by atoms with Crippen molar-refractivity contribution in [2.24, 2.45) is 5.41 Å². The van der Waals surface area contributed by atoms with Crippen LogP contribution in [0.4, 0.5) is 0 Å². The quantitative estimate of drug-likeness (QED) is 0.583. The van der Waals surface area contributed by atoms with Crippen molar-refractivity contribution in [3.63, 3.8) is 0 Å². The van der Waals surface area contributed by atoms with E-state index in [4.69, 9.17) is 0 Å². The summed E-state index contributed by atoms with van der Waals surface area (Å²) in [6, 6.07) is 0.747. The summed E-state index contributed by atoms with van der Waals surface area (Å²) in [6.07, 6.45) is 8.18. The fraction of sp³-hybridized carbons (Fsp3) is 1.00. The number of hydrazine groups is 1. The third-order valence-corrected chi connectivity index (χ3v) is 4.89. The predicted molar refractivity (Wildman–Crippen MR) is 84.0 cm³/mol. The number of unbranched alkanes of at least 4 members (excludes halogenated alkanes) is 1. The first-order valence-corrected chi connectivity index (χ1v) is 8.70. The Bertz CT molecular complexity index is 205. The summed E-state index contributed by atoms with van der Waals surface area (Å²) in [5.74, 6) is 2.66. The van der Waals surface area contributed by atoms with Crippen molar-refractivity contribution >= 4 is 11.8 Å². The van der Waals surface area contributed by atoms with Crippen LogP contribution in [0.3, 0.4) is 0 Å². The number of rotatable bonds is 6. The zero-order chi connectivity index (χ0) is 13.4. The lowest BCUT2D eigenvalue weighted by Gasteiger charge is -2.30. The molecule has 0 amide bonds. The zero-order valence-corrected chi connectivity index (χ0v) is 13.6. The minimum Gasteiger partial charge on any atom is -0.258 e. The molecule has 0 aromatic heterocycles. The van der Waals surface area contributed by atoms with Crippen LogP contribution in [0, 0.1) is 5.41 Å². The minimum atomic E-state index is 0.489. The molecule has 1 rings (SSSR count). The van der Waals surface area contributed by atoms with E-state index in [1.165, 1.54) is 56.6 Å². The molecule has 0 spiro atoms. The topological polar surface area (TPSA) is 15.3 Å². The molecule has 18 heavy (non-hydrogen) atoms. The highest BCUT2D eigenvalue weighted by Crippen LogP contribution is 2.23. The maximum atomic E-state index is 3.42. The Morgan fingerprint density at radius 2 is 2.00 bits per heavy atom. The molecule has 1 unspecified atom stereocenters. The molecule has 1 fully saturated rings. The molecule has 0 aromatic rings. The van der Waals surface area contributed by atoms with Gasteiger partial charge in [0.2, 0.25) is 0 Å². The van der Waals surface area contributed by atoms with Crippen LogP contribution in [-0.4, -0.2) is 36.1 Å². The van der Waals surface area contributed by atoms with Crippen molar-refractivity contribution in [1.29, 1.82) is 0 Å². The van der Waals surface area contributed by atoms with E-state index in [1.54, 1.807) is 0 Å². The molecule has 1 N–H and O–H groups in total. The lowest BCUT2D eigenvalue weighted by atomic mass is 9.90. The summed E-state index contributed by atoms with van der Waals surface area (Å²) >= 11 is 2.13. The normalized spacial score (nSPS) is 22.2. The minimum absolute atomic E-state index is 0.489. The Labute approximate surface area is 118 Å². The van der Waals surface area contributed by atoms with Gasteiger partial charge >= 0.3 is 0 Å². The monoisotopic (exact) mass is 272 g/mol. The van der Waals surface area contributed by atoms with Gasteiger partial charge < -0.3 is 0 Å². The van der Waals surface area contributed by atoms with E-state index in [1.807, 2.05) is 0 Å². The van der Waals surface area contributed by atoms with Gasteiger partial charge in [0.1, 0.15) is 0 Å². The number of hydrogen-bond acceptors (Lipinski definition) is 3. The first-order valence-electron chi connectivity index (χ1n) is 7.55. The molecule has 1 saturated heterocycles. The fourth-order valence-electron chi connectivity index (χ4n) is 2.55. The average molecular weight is 273 g/mol. The van der Waals surface area contributed by atoms with Gasteiger partial charge in [-0.05, 0) is 43.9 Å². The Morgan fingerprint density at radius 1 is 1.22 bits per heavy atom. The zero-order valence-electron chi connectivity index (χ0n) is 12.8. The first-order chi connectivity index (χ1) is 8.53. The van der Waals surface area contributed by atoms with Gasteiger partial charge in [-0.3, -0.25) is 5.43 Å². The van der Waals surface area contributed by atoms with Crippen molar-refractivity contribution in [2.75, 3.05) is 25.1 Å². The molecule has 3 heteroatoms. The van der Waals surface area contributed by atoms with Gasteiger partial charge in [0, 0.05) is 18.3 Å². The summed E-state index contributed by atoms with van der Waals surface area (Å²) < 4.78 is 0. The summed E-state index contributed by atoms with van der Waals surface area (Å²) in [6.45, 7) is 8.22. The van der Waals surface area contributed by atoms with Crippen LogP contribution in [0.25, 0.3) is 0 Å². The van der Waals surface area contributed by atoms with Gasteiger partial charge in [-0.15, -0.1) is 0 Å². The summed E-state index contributed by atoms with van der Waals surface area (Å²) in [5.41, 5.74) is 3.91. The van der Waals surface area contributed by atoms with Crippen LogP contribution in [0.15, 0.2) is 0 Å². The Balaban J connectivity index is 2.23. The van der Waals surface area contributed by atoms with E-state index in [9.17, 15) is 0 Å². The van der Waals surface area contributed by atoms with Gasteiger partial charge in [0.25, 0.3) is 0 Å². The highest BCUT2D eigenvalue weighted by Gasteiger charge is 2.19. The molecule has 2 nitrogen and oxygen atoms in total. The lowest BCUT2D eigenvalue weighted by molar-refractivity contribution is 0.139. The Morgan fingerprint density at radius 3 is 2.67 bits per heavy atom. The Hall–Kier alpha value is 0.270. The van der Waals surface area contributed by atoms with Crippen LogP contribution in [0.5, 0.6) is 0 Å². The van der Waals surface area contributed by atoms with Gasteiger partial charge in [-0.25, -0.2) is 5.01 Å². The number of hydrogen-bond donors (Lipinski definition) is 1. The first kappa shape index (κ1) is 16.3. The number of thioether (sulfide) groups is 1. The molecule has 1 aliphatic heterocycles. The smallest absolute Gasteiger partial charge is 0.0333 e. The van der Waals surface area contributed by atoms with E-state index in [-0.39, 0.29) is 0 Å². The van der Waals surface area contributed by atoms with Crippen molar-refractivity contribution in [2.45, 2.75) is 65.3 Å². The number of nitrogens with zero attached hydrogens (tertiary/aromatic N) is 1. The van der Waals surface area contributed by atoms with Crippen LogP contribution >= 0.6 is 11.8 Å². The molecule has 1 aliphatic rings. The molecule has 1 heterocycles. The maximum Gasteiger partial charge on any atom is 0.0333 e. The summed E-state index contributed by atoms with van der Waals surface area (Å²) in [7, 11) is 2.08. The Kier molecular flexibility index (Phi) is 7.66. The second-order valence-electron chi connectivity index (χ2n) is 6.66. The van der Waals surface area contributed by atoms with Gasteiger partial charge in [0.15, 0.2) is 0 Å². The molecule has 0 radical (unpaired) electrons. The molecular weight excluding hydrogens is 240 g/mol. The number of nitrogens with one attached hydrogen (secondary N) is 1. The van der Waals surface area contributed by atoms with Gasteiger partial charge in [-0.1, -0.05) is 33.6 Å². The molecule has 0 aromatic carbocycles. The third kappa shape index (κ3) is 7.01. The lowest BCUT2D eigenvalue weighted by Crippen LogP contribution is -2.45. The summed E-state index contributed by atoms with van der Waals surface area (Å²) in [4.78, 5) is 0. The van der Waals surface area contributed by atoms with Crippen LogP contribution in [-0.2, 0) is 0 Å². The largest absolute Gasteiger partial charge is 0.258 e. The second-order valence-corrected chi connectivity index (χ2v) is 7.81. The summed E-state index contributed by atoms with van der Waals surface area (Å²) in [5, 5.41) is 2.49. The molecular formula is C15H32N2S. The van der Waals surface area contributed by atoms with Crippen molar-refractivity contribution in [1.82, 2.24) is 10.4 Å². The van der Waals surface area contributed by atoms with Gasteiger partial charge in [0.05, 0.1) is 0 Å². The SMILES string of the molecule is CNN(CCCCC(C)(C)C)C1CCCCSC1. The molecule has 0 aliphatic carbocycles. The van der Waals surface area contributed by atoms with Crippen LogP contribution in [0.2, 0.25) is 0 Å². The van der Waals surface area contributed by atoms with E-state index in [0.717, 1.165) is 6.04 Å². The highest BCUT2D eigenvalue weighted by molar-refractivity contribution is 7.99. The van der Waals surface area contributed by atoms with Crippen molar-refractivity contribution in [3.05, 3.63) is 0 Å². The maximum absolute atomic E-state index is 3.42. The van der Waals surface area contributed by atoms with E-state index in [0.29, 0.717) is 5.41 Å². The van der Waals surface area contributed by atoms with Gasteiger partial charge in [-0.2, -0.15) is 11.8 Å². The molecule has 1 atom stereocenters. The molecule has 108 valence electrons. The second kappa shape index (κ2) is 8.44. The fourth-order valence-corrected chi connectivity index (χ4v) is 3.74. The molecule has 0 bridgehead atoms. The predicted octanol–water partition coefficient (Wildman–Crippen LogP) is 3.92. The van der Waals surface area contributed by atoms with E-state index < -0.39 is 0 Å². The standard InChI is InChI=1S/C15H32N2S/c1-15(2,3)10-6-7-11-17(16-4)14-9-5-8-12-18-13-14/h14,16H,5-13H2,1-4H3. The van der Waals surface area contributed by atoms with E-state index in [2.05, 4.69) is 50.0 Å². The van der Waals surface area contributed by atoms with E-state index >= 15 is 0 Å². The average Bonchev–Trinajstić information content (AvgIpc) is 2.56. The highest BCUT2D eigenvalue weighted by atomic mass is 32.2. The molecule has 0 saturated carbocycles. The van der Waals surface area contributed by atoms with Crippen LogP contribution in [0.1, 0.15) is 59.3 Å². The van der Waals surface area contributed by atoms with Crippen molar-refractivity contribution < 1.29 is 0 Å². The van der Waals surface area contributed by atoms with Crippen LogP contribution < -0.4 is 5.43 Å². The van der Waals surface area contributed by atoms with Crippen molar-refractivity contribution in [3.8, 4) is 0 Å².